The Labute approximate surface area is 167 Å². The number of hydrogen-bond donors (Lipinski definition) is 1. The predicted molar refractivity (Wildman–Crippen MR) is 106 cm³/mol. The molecule has 1 aliphatic carbocycles. The number of nitrogens with two attached hydrogens (primary N) is 1. The molecule has 3 heterocycles. The first kappa shape index (κ1) is 18.6. The van der Waals surface area contributed by atoms with E-state index in [1.807, 2.05) is 4.90 Å². The Morgan fingerprint density at radius 2 is 1.61 bits per heavy atom. The van der Waals surface area contributed by atoms with Gasteiger partial charge in [-0.25, -0.2) is 13.6 Å². The van der Waals surface area contributed by atoms with Crippen molar-refractivity contribution in [3.05, 3.63) is 29.8 Å². The molecule has 3 saturated heterocycles. The zero-order valence-electron chi connectivity index (χ0n) is 16.2. The summed E-state index contributed by atoms with van der Waals surface area (Å²) in [5.74, 6) is 2.07. The second kappa shape index (κ2) is 6.82. The third-order valence-electron chi connectivity index (χ3n) is 7.32. The van der Waals surface area contributed by atoms with Gasteiger partial charge in [0.25, 0.3) is 5.91 Å². The SMILES string of the molecule is NS(=O)(=O)c1ccc(C(=O)N2C[C@@H]3C[C@H](C2)[C@@H]2CCC[C@H](C4CC4)N2C3)cc1. The topological polar surface area (TPSA) is 83.7 Å². The number of carbonyl (C=O) groups excluding carboxylic acids is 1. The molecular weight excluding hydrogens is 374 g/mol. The molecule has 1 aromatic rings. The largest absolute Gasteiger partial charge is 0.338 e. The highest BCUT2D eigenvalue weighted by atomic mass is 32.2. The van der Waals surface area contributed by atoms with Gasteiger partial charge in [-0.05, 0) is 74.1 Å². The quantitative estimate of drug-likeness (QED) is 0.837. The molecule has 2 bridgehead atoms. The van der Waals surface area contributed by atoms with E-state index in [0.717, 1.165) is 31.6 Å². The Kier molecular flexibility index (Phi) is 4.52. The number of carbonyl (C=O) groups is 1. The Hall–Kier alpha value is -1.44. The van der Waals surface area contributed by atoms with Gasteiger partial charge in [0.05, 0.1) is 4.90 Å². The summed E-state index contributed by atoms with van der Waals surface area (Å²) in [4.78, 5) is 17.9. The lowest BCUT2D eigenvalue weighted by atomic mass is 9.74. The summed E-state index contributed by atoms with van der Waals surface area (Å²) < 4.78 is 22.9. The molecular formula is C21H29N3O3S. The van der Waals surface area contributed by atoms with Gasteiger partial charge in [-0.1, -0.05) is 6.42 Å². The van der Waals surface area contributed by atoms with E-state index in [2.05, 4.69) is 4.90 Å². The normalized spacial score (nSPS) is 33.4. The van der Waals surface area contributed by atoms with Crippen LogP contribution in [-0.2, 0) is 10.0 Å². The van der Waals surface area contributed by atoms with Crippen LogP contribution in [0.5, 0.6) is 0 Å². The summed E-state index contributed by atoms with van der Waals surface area (Å²) in [6.45, 7) is 2.77. The molecule has 4 atom stereocenters. The molecule has 0 aromatic heterocycles. The first-order valence-corrected chi connectivity index (χ1v) is 12.1. The van der Waals surface area contributed by atoms with Crippen LogP contribution in [0.2, 0.25) is 0 Å². The van der Waals surface area contributed by atoms with E-state index < -0.39 is 10.0 Å². The van der Waals surface area contributed by atoms with E-state index >= 15 is 0 Å². The van der Waals surface area contributed by atoms with Crippen molar-refractivity contribution in [3.8, 4) is 0 Å². The van der Waals surface area contributed by atoms with Gasteiger partial charge in [0.2, 0.25) is 10.0 Å². The van der Waals surface area contributed by atoms with E-state index in [0.29, 0.717) is 23.4 Å². The van der Waals surface area contributed by atoms with E-state index in [1.54, 1.807) is 12.1 Å². The van der Waals surface area contributed by atoms with Crippen molar-refractivity contribution in [1.82, 2.24) is 9.80 Å². The number of rotatable bonds is 3. The average Bonchev–Trinajstić information content (AvgIpc) is 3.51. The minimum atomic E-state index is -3.73. The maximum atomic E-state index is 13.1. The minimum absolute atomic E-state index is 0.0127. The smallest absolute Gasteiger partial charge is 0.253 e. The number of piperidine rings is 3. The van der Waals surface area contributed by atoms with Crippen molar-refractivity contribution < 1.29 is 13.2 Å². The number of nitrogens with zero attached hydrogens (tertiary/aromatic N) is 2. The van der Waals surface area contributed by atoms with Crippen LogP contribution in [0.1, 0.15) is 48.9 Å². The van der Waals surface area contributed by atoms with Crippen LogP contribution in [0.3, 0.4) is 0 Å². The van der Waals surface area contributed by atoms with Crippen molar-refractivity contribution in [1.29, 1.82) is 0 Å². The zero-order valence-corrected chi connectivity index (χ0v) is 17.0. The van der Waals surface area contributed by atoms with Gasteiger partial charge in [-0.3, -0.25) is 9.69 Å². The van der Waals surface area contributed by atoms with Crippen molar-refractivity contribution in [2.45, 2.75) is 55.5 Å². The highest BCUT2D eigenvalue weighted by Gasteiger charge is 2.48. The molecule has 6 nitrogen and oxygen atoms in total. The lowest BCUT2D eigenvalue weighted by Crippen LogP contribution is -2.62. The summed E-state index contributed by atoms with van der Waals surface area (Å²) in [5, 5.41) is 5.16. The molecule has 4 fully saturated rings. The third kappa shape index (κ3) is 3.37. The van der Waals surface area contributed by atoms with Crippen molar-refractivity contribution in [2.75, 3.05) is 19.6 Å². The number of primary sulfonamides is 1. The number of benzene rings is 1. The van der Waals surface area contributed by atoms with Crippen LogP contribution < -0.4 is 5.14 Å². The monoisotopic (exact) mass is 403 g/mol. The second-order valence-corrected chi connectivity index (χ2v) is 10.8. The predicted octanol–water partition coefficient (Wildman–Crippen LogP) is 2.06. The first-order valence-electron chi connectivity index (χ1n) is 10.6. The van der Waals surface area contributed by atoms with Crippen LogP contribution in [0.15, 0.2) is 29.2 Å². The molecule has 1 aromatic carbocycles. The fourth-order valence-electron chi connectivity index (χ4n) is 5.97. The maximum Gasteiger partial charge on any atom is 0.253 e. The van der Waals surface area contributed by atoms with E-state index in [-0.39, 0.29) is 10.8 Å². The number of fused-ring (bicyclic) bond motifs is 4. The maximum absolute atomic E-state index is 13.1. The number of likely N-dealkylation sites (tertiary alicyclic amines) is 1. The number of amides is 1. The Morgan fingerprint density at radius 3 is 2.25 bits per heavy atom. The van der Waals surface area contributed by atoms with Gasteiger partial charge in [0.15, 0.2) is 0 Å². The Bertz CT molecular complexity index is 865. The van der Waals surface area contributed by atoms with Crippen molar-refractivity contribution >= 4 is 15.9 Å². The molecule has 3 aliphatic heterocycles. The second-order valence-electron chi connectivity index (χ2n) is 9.24. The number of hydrogen-bond acceptors (Lipinski definition) is 4. The number of sulfonamides is 1. The first-order chi connectivity index (χ1) is 13.4. The van der Waals surface area contributed by atoms with E-state index in [1.165, 1.54) is 50.7 Å². The van der Waals surface area contributed by atoms with Crippen LogP contribution in [0.4, 0.5) is 0 Å². The Balaban J connectivity index is 1.31. The summed E-state index contributed by atoms with van der Waals surface area (Å²) in [5.41, 5.74) is 0.545. The lowest BCUT2D eigenvalue weighted by Gasteiger charge is -2.55. The highest BCUT2D eigenvalue weighted by molar-refractivity contribution is 7.89. The summed E-state index contributed by atoms with van der Waals surface area (Å²) in [6, 6.07) is 7.45. The standard InChI is InChI=1S/C21H29N3O3S/c22-28(26,27)18-8-6-16(7-9-18)21(25)23-11-14-10-17(13-23)20-3-1-2-19(15-4-5-15)24(20)12-14/h6-9,14-15,17,19-20H,1-5,10-13H2,(H2,22,26,27)/t14-,17+,19+,20-/m0/s1. The minimum Gasteiger partial charge on any atom is -0.338 e. The summed E-state index contributed by atoms with van der Waals surface area (Å²) in [7, 11) is -3.73. The van der Waals surface area contributed by atoms with Crippen molar-refractivity contribution in [2.24, 2.45) is 22.9 Å². The van der Waals surface area contributed by atoms with E-state index in [4.69, 9.17) is 5.14 Å². The van der Waals surface area contributed by atoms with Gasteiger partial charge in [-0.15, -0.1) is 0 Å². The lowest BCUT2D eigenvalue weighted by molar-refractivity contribution is -0.0551. The van der Waals surface area contributed by atoms with Crippen LogP contribution in [0.25, 0.3) is 0 Å². The van der Waals surface area contributed by atoms with Gasteiger partial charge < -0.3 is 4.90 Å². The fourth-order valence-corrected chi connectivity index (χ4v) is 6.49. The van der Waals surface area contributed by atoms with Crippen molar-refractivity contribution in [3.63, 3.8) is 0 Å². The summed E-state index contributed by atoms with van der Waals surface area (Å²) >= 11 is 0. The average molecular weight is 404 g/mol. The van der Waals surface area contributed by atoms with E-state index in [9.17, 15) is 13.2 Å². The van der Waals surface area contributed by atoms with Crippen LogP contribution in [0, 0.1) is 17.8 Å². The van der Waals surface area contributed by atoms with Crippen LogP contribution in [-0.4, -0.2) is 55.8 Å². The Morgan fingerprint density at radius 1 is 0.929 bits per heavy atom. The molecule has 4 aliphatic rings. The molecule has 0 spiro atoms. The zero-order chi connectivity index (χ0) is 19.5. The molecule has 0 unspecified atom stereocenters. The molecule has 28 heavy (non-hydrogen) atoms. The highest BCUT2D eigenvalue weighted by Crippen LogP contribution is 2.46. The molecule has 1 saturated carbocycles. The third-order valence-corrected chi connectivity index (χ3v) is 8.25. The molecule has 152 valence electrons. The van der Waals surface area contributed by atoms with Gasteiger partial charge in [0, 0.05) is 37.3 Å². The molecule has 5 rings (SSSR count). The molecule has 0 radical (unpaired) electrons. The van der Waals surface area contributed by atoms with Gasteiger partial charge in [-0.2, -0.15) is 0 Å². The van der Waals surface area contributed by atoms with Gasteiger partial charge in [0.1, 0.15) is 0 Å². The summed E-state index contributed by atoms with van der Waals surface area (Å²) in [6.07, 6.45) is 8.01. The molecule has 2 N–H and O–H groups in total. The molecule has 1 amide bonds. The fraction of sp³-hybridized carbons (Fsp3) is 0.667. The van der Waals surface area contributed by atoms with Gasteiger partial charge >= 0.3 is 0 Å². The van der Waals surface area contributed by atoms with Crippen LogP contribution >= 0.6 is 0 Å². The molecule has 7 heteroatoms.